The van der Waals surface area contributed by atoms with Gasteiger partial charge in [0.1, 0.15) is 11.8 Å². The number of nitrogens with zero attached hydrogens (tertiary/aromatic N) is 1. The van der Waals surface area contributed by atoms with E-state index in [2.05, 4.69) is 10.6 Å². The van der Waals surface area contributed by atoms with Crippen LogP contribution in [0, 0.1) is 5.92 Å². The van der Waals surface area contributed by atoms with Crippen molar-refractivity contribution in [3.8, 4) is 5.75 Å². The van der Waals surface area contributed by atoms with Crippen molar-refractivity contribution in [2.45, 2.75) is 38.3 Å². The van der Waals surface area contributed by atoms with Crippen molar-refractivity contribution >= 4 is 30.1 Å². The van der Waals surface area contributed by atoms with Gasteiger partial charge >= 0.3 is 0 Å². The topological polar surface area (TPSA) is 87.7 Å². The predicted molar refractivity (Wildman–Crippen MR) is 101 cm³/mol. The Labute approximate surface area is 164 Å². The average molecular weight is 394 g/mol. The van der Waals surface area contributed by atoms with E-state index in [1.165, 1.54) is 0 Å². The van der Waals surface area contributed by atoms with Gasteiger partial charge in [-0.2, -0.15) is 0 Å². The first kappa shape index (κ1) is 19.6. The third kappa shape index (κ3) is 3.94. The Morgan fingerprint density at radius 3 is 2.63 bits per heavy atom. The maximum Gasteiger partial charge on any atom is 0.255 e. The van der Waals surface area contributed by atoms with Gasteiger partial charge in [-0.25, -0.2) is 0 Å². The van der Waals surface area contributed by atoms with Crippen molar-refractivity contribution < 1.29 is 19.1 Å². The Morgan fingerprint density at radius 2 is 1.89 bits per heavy atom. The summed E-state index contributed by atoms with van der Waals surface area (Å²) in [6, 6.07) is 4.90. The summed E-state index contributed by atoms with van der Waals surface area (Å²) >= 11 is 0. The first-order valence-corrected chi connectivity index (χ1v) is 9.23. The second kappa shape index (κ2) is 8.27. The van der Waals surface area contributed by atoms with E-state index < -0.39 is 6.04 Å². The van der Waals surface area contributed by atoms with E-state index in [1.54, 1.807) is 11.0 Å². The van der Waals surface area contributed by atoms with Crippen LogP contribution in [0.1, 0.15) is 41.6 Å². The second-order valence-electron chi connectivity index (χ2n) is 7.19. The summed E-state index contributed by atoms with van der Waals surface area (Å²) in [7, 11) is 0. The zero-order chi connectivity index (χ0) is 18.1. The summed E-state index contributed by atoms with van der Waals surface area (Å²) in [5, 5.41) is 5.67. The Balaban J connectivity index is 0.00000210. The lowest BCUT2D eigenvalue weighted by molar-refractivity contribution is -0.136. The molecular formula is C19H24ClN3O4. The highest BCUT2D eigenvalue weighted by Gasteiger charge is 2.40. The van der Waals surface area contributed by atoms with Crippen LogP contribution < -0.4 is 15.4 Å². The van der Waals surface area contributed by atoms with E-state index in [0.717, 1.165) is 37.2 Å². The third-order valence-electron chi connectivity index (χ3n) is 5.47. The standard InChI is InChI=1S/C19H23N3O4.ClH/c23-17-5-4-15(18(24)21-17)22-10-14-13(19(22)25)2-1-3-16(14)26-11-12-6-8-20-9-7-12;/h1-3,12,15,20H,4-11H2,(H,21,23,24);1H. The Morgan fingerprint density at radius 1 is 1.11 bits per heavy atom. The molecule has 1 aromatic rings. The number of ether oxygens (including phenoxy) is 1. The number of amides is 3. The lowest BCUT2D eigenvalue weighted by Gasteiger charge is -2.29. The molecule has 2 saturated heterocycles. The average Bonchev–Trinajstić information content (AvgIpc) is 2.98. The number of hydrogen-bond acceptors (Lipinski definition) is 5. The van der Waals surface area contributed by atoms with Gasteiger partial charge in [-0.15, -0.1) is 12.4 Å². The number of hydrogen-bond donors (Lipinski definition) is 2. The molecular weight excluding hydrogens is 370 g/mol. The van der Waals surface area contributed by atoms with Gasteiger partial charge in [0.15, 0.2) is 0 Å². The Hall–Kier alpha value is -2.12. The molecule has 0 spiro atoms. The summed E-state index contributed by atoms with van der Waals surface area (Å²) < 4.78 is 6.05. The quantitative estimate of drug-likeness (QED) is 0.752. The molecule has 0 bridgehead atoms. The highest BCUT2D eigenvalue weighted by molar-refractivity contribution is 6.05. The molecule has 0 aliphatic carbocycles. The lowest BCUT2D eigenvalue weighted by atomic mass is 9.99. The zero-order valence-electron chi connectivity index (χ0n) is 15.0. The summed E-state index contributed by atoms with van der Waals surface area (Å²) in [5.74, 6) is 0.419. The molecule has 3 aliphatic heterocycles. The van der Waals surface area contributed by atoms with E-state index in [-0.39, 0.29) is 36.5 Å². The van der Waals surface area contributed by atoms with Crippen molar-refractivity contribution in [2.24, 2.45) is 5.92 Å². The van der Waals surface area contributed by atoms with Crippen LogP contribution in [0.3, 0.4) is 0 Å². The van der Waals surface area contributed by atoms with Gasteiger partial charge in [-0.3, -0.25) is 19.7 Å². The molecule has 0 aromatic heterocycles. The van der Waals surface area contributed by atoms with E-state index in [0.29, 0.717) is 31.1 Å². The number of imide groups is 1. The maximum atomic E-state index is 12.8. The van der Waals surface area contributed by atoms with E-state index >= 15 is 0 Å². The second-order valence-corrected chi connectivity index (χ2v) is 7.19. The van der Waals surface area contributed by atoms with Crippen LogP contribution >= 0.6 is 12.4 Å². The minimum absolute atomic E-state index is 0. The fourth-order valence-electron chi connectivity index (χ4n) is 3.95. The number of nitrogens with one attached hydrogen (secondary N) is 2. The van der Waals surface area contributed by atoms with Crippen molar-refractivity contribution in [2.75, 3.05) is 19.7 Å². The fraction of sp³-hybridized carbons (Fsp3) is 0.526. The van der Waals surface area contributed by atoms with Gasteiger partial charge in [0.05, 0.1) is 13.2 Å². The number of carbonyl (C=O) groups is 3. The molecule has 146 valence electrons. The minimum Gasteiger partial charge on any atom is -0.493 e. The smallest absolute Gasteiger partial charge is 0.255 e. The molecule has 27 heavy (non-hydrogen) atoms. The summed E-state index contributed by atoms with van der Waals surface area (Å²) in [4.78, 5) is 37.8. The van der Waals surface area contributed by atoms with E-state index in [4.69, 9.17) is 4.74 Å². The highest BCUT2D eigenvalue weighted by Crippen LogP contribution is 2.34. The molecule has 3 heterocycles. The van der Waals surface area contributed by atoms with E-state index in [9.17, 15) is 14.4 Å². The van der Waals surface area contributed by atoms with Crippen molar-refractivity contribution in [1.82, 2.24) is 15.5 Å². The molecule has 0 saturated carbocycles. The molecule has 3 aliphatic rings. The normalized spacial score (nSPS) is 22.9. The molecule has 2 N–H and O–H groups in total. The van der Waals surface area contributed by atoms with Crippen molar-refractivity contribution in [3.05, 3.63) is 29.3 Å². The van der Waals surface area contributed by atoms with Crippen LogP contribution in [-0.2, 0) is 16.1 Å². The van der Waals surface area contributed by atoms with Gasteiger partial charge < -0.3 is 15.0 Å². The molecule has 1 aromatic carbocycles. The van der Waals surface area contributed by atoms with Crippen LogP contribution in [0.25, 0.3) is 0 Å². The van der Waals surface area contributed by atoms with Gasteiger partial charge in [0.25, 0.3) is 5.91 Å². The minimum atomic E-state index is -0.593. The first-order chi connectivity index (χ1) is 12.6. The SMILES string of the molecule is Cl.O=C1CCC(N2Cc3c(OCC4CCNCC4)cccc3C2=O)C(=O)N1. The number of benzene rings is 1. The molecule has 2 fully saturated rings. The van der Waals surface area contributed by atoms with Gasteiger partial charge in [0, 0.05) is 17.5 Å². The number of halogens is 1. The van der Waals surface area contributed by atoms with Crippen molar-refractivity contribution in [3.63, 3.8) is 0 Å². The number of rotatable bonds is 4. The Kier molecular flexibility index (Phi) is 6.01. The molecule has 1 atom stereocenters. The van der Waals surface area contributed by atoms with Crippen LogP contribution in [-0.4, -0.2) is 48.4 Å². The molecule has 3 amide bonds. The third-order valence-corrected chi connectivity index (χ3v) is 5.47. The molecule has 0 radical (unpaired) electrons. The van der Waals surface area contributed by atoms with E-state index in [1.807, 2.05) is 12.1 Å². The Bertz CT molecular complexity index is 748. The molecule has 8 heteroatoms. The van der Waals surface area contributed by atoms with Gasteiger partial charge in [-0.1, -0.05) is 6.07 Å². The largest absolute Gasteiger partial charge is 0.493 e. The fourth-order valence-corrected chi connectivity index (χ4v) is 3.95. The van der Waals surface area contributed by atoms with Gasteiger partial charge in [-0.05, 0) is 50.4 Å². The van der Waals surface area contributed by atoms with Crippen LogP contribution in [0.4, 0.5) is 0 Å². The van der Waals surface area contributed by atoms with Crippen LogP contribution in [0.5, 0.6) is 5.75 Å². The lowest BCUT2D eigenvalue weighted by Crippen LogP contribution is -2.52. The number of carbonyl (C=O) groups excluding carboxylic acids is 3. The maximum absolute atomic E-state index is 12.8. The highest BCUT2D eigenvalue weighted by atomic mass is 35.5. The molecule has 7 nitrogen and oxygen atoms in total. The van der Waals surface area contributed by atoms with Gasteiger partial charge in [0.2, 0.25) is 11.8 Å². The zero-order valence-corrected chi connectivity index (χ0v) is 15.8. The molecule has 4 rings (SSSR count). The predicted octanol–water partition coefficient (Wildman–Crippen LogP) is 1.25. The summed E-state index contributed by atoms with van der Waals surface area (Å²) in [5.41, 5.74) is 1.44. The first-order valence-electron chi connectivity index (χ1n) is 9.23. The van der Waals surface area contributed by atoms with Crippen LogP contribution in [0.15, 0.2) is 18.2 Å². The van der Waals surface area contributed by atoms with Crippen LogP contribution in [0.2, 0.25) is 0 Å². The van der Waals surface area contributed by atoms with Crippen molar-refractivity contribution in [1.29, 1.82) is 0 Å². The number of fused-ring (bicyclic) bond motifs is 1. The summed E-state index contributed by atoms with van der Waals surface area (Å²) in [6.45, 7) is 3.03. The monoisotopic (exact) mass is 393 g/mol. The number of piperidine rings is 2. The molecule has 1 unspecified atom stereocenters. The summed E-state index contributed by atoms with van der Waals surface area (Å²) in [6.07, 6.45) is 2.82.